The van der Waals surface area contributed by atoms with Crippen molar-refractivity contribution in [2.75, 3.05) is 0 Å². The van der Waals surface area contributed by atoms with Gasteiger partial charge in [0.1, 0.15) is 11.9 Å². The van der Waals surface area contributed by atoms with Gasteiger partial charge in [0.15, 0.2) is 0 Å². The highest BCUT2D eigenvalue weighted by molar-refractivity contribution is 5.27. The Labute approximate surface area is 99.8 Å². The highest BCUT2D eigenvalue weighted by Gasteiger charge is 2.29. The van der Waals surface area contributed by atoms with Gasteiger partial charge >= 0.3 is 0 Å². The first kappa shape index (κ1) is 10.5. The van der Waals surface area contributed by atoms with Crippen LogP contribution in [0, 0.1) is 0 Å². The number of nitrogens with one attached hydrogen (secondary N) is 1. The van der Waals surface area contributed by atoms with E-state index in [0.717, 1.165) is 25.0 Å². The van der Waals surface area contributed by atoms with E-state index in [1.807, 2.05) is 6.07 Å². The standard InChI is InChI=1S/C13H15N3O/c17-12(13-15-7-8-16-13)10-5-1-3-9-4-2-6-14-11(9)10/h2,4,6-8,10,12,17H,1,3,5H2,(H,15,16). The number of fused-ring (bicyclic) bond motifs is 1. The zero-order chi connectivity index (χ0) is 11.7. The Morgan fingerprint density at radius 3 is 3.12 bits per heavy atom. The lowest BCUT2D eigenvalue weighted by Gasteiger charge is -2.27. The number of rotatable bonds is 2. The molecule has 2 aromatic heterocycles. The summed E-state index contributed by atoms with van der Waals surface area (Å²) in [5.41, 5.74) is 2.29. The molecular formula is C13H15N3O. The number of H-pyrrole nitrogens is 1. The predicted molar refractivity (Wildman–Crippen MR) is 63.5 cm³/mol. The molecule has 4 nitrogen and oxygen atoms in total. The smallest absolute Gasteiger partial charge is 0.135 e. The molecule has 0 bridgehead atoms. The van der Waals surface area contributed by atoms with Gasteiger partial charge in [0.05, 0.1) is 0 Å². The molecule has 3 rings (SSSR count). The minimum absolute atomic E-state index is 0.0612. The third kappa shape index (κ3) is 1.85. The van der Waals surface area contributed by atoms with Crippen LogP contribution < -0.4 is 0 Å². The quantitative estimate of drug-likeness (QED) is 0.827. The number of hydrogen-bond donors (Lipinski definition) is 2. The first-order valence-corrected chi connectivity index (χ1v) is 5.97. The molecule has 2 atom stereocenters. The van der Waals surface area contributed by atoms with Gasteiger partial charge in [0.25, 0.3) is 0 Å². The van der Waals surface area contributed by atoms with Crippen LogP contribution in [0.4, 0.5) is 0 Å². The first-order chi connectivity index (χ1) is 8.36. The summed E-state index contributed by atoms with van der Waals surface area (Å²) in [6, 6.07) is 4.06. The fraction of sp³-hybridized carbons (Fsp3) is 0.385. The van der Waals surface area contributed by atoms with Crippen LogP contribution in [0.5, 0.6) is 0 Å². The third-order valence-corrected chi connectivity index (χ3v) is 3.42. The van der Waals surface area contributed by atoms with Crippen LogP contribution in [0.25, 0.3) is 0 Å². The molecule has 0 amide bonds. The summed E-state index contributed by atoms with van der Waals surface area (Å²) in [6.07, 6.45) is 7.74. The lowest BCUT2D eigenvalue weighted by atomic mass is 9.83. The molecule has 17 heavy (non-hydrogen) atoms. The van der Waals surface area contributed by atoms with Crippen LogP contribution in [-0.2, 0) is 6.42 Å². The summed E-state index contributed by atoms with van der Waals surface area (Å²) in [4.78, 5) is 11.5. The van der Waals surface area contributed by atoms with Crippen LogP contribution in [0.15, 0.2) is 30.7 Å². The monoisotopic (exact) mass is 229 g/mol. The van der Waals surface area contributed by atoms with Gasteiger partial charge in [-0.1, -0.05) is 6.07 Å². The maximum Gasteiger partial charge on any atom is 0.135 e. The summed E-state index contributed by atoms with van der Waals surface area (Å²) in [7, 11) is 0. The number of aromatic nitrogens is 3. The van der Waals surface area contributed by atoms with Crippen LogP contribution in [-0.4, -0.2) is 20.1 Å². The highest BCUT2D eigenvalue weighted by Crippen LogP contribution is 2.37. The molecule has 0 spiro atoms. The second-order valence-corrected chi connectivity index (χ2v) is 4.47. The molecule has 0 fully saturated rings. The minimum Gasteiger partial charge on any atom is -0.384 e. The molecule has 1 aliphatic carbocycles. The van der Waals surface area contributed by atoms with E-state index in [0.29, 0.717) is 5.82 Å². The Morgan fingerprint density at radius 1 is 1.35 bits per heavy atom. The Bertz CT molecular complexity index is 495. The zero-order valence-electron chi connectivity index (χ0n) is 9.50. The maximum absolute atomic E-state index is 10.3. The van der Waals surface area contributed by atoms with Crippen molar-refractivity contribution in [1.29, 1.82) is 0 Å². The van der Waals surface area contributed by atoms with E-state index in [1.54, 1.807) is 18.6 Å². The van der Waals surface area contributed by atoms with E-state index in [4.69, 9.17) is 0 Å². The van der Waals surface area contributed by atoms with Crippen LogP contribution in [0.2, 0.25) is 0 Å². The van der Waals surface area contributed by atoms with E-state index in [9.17, 15) is 5.11 Å². The number of pyridine rings is 1. The van der Waals surface area contributed by atoms with E-state index in [-0.39, 0.29) is 5.92 Å². The summed E-state index contributed by atoms with van der Waals surface area (Å²) < 4.78 is 0. The van der Waals surface area contributed by atoms with Crippen molar-refractivity contribution in [3.8, 4) is 0 Å². The molecule has 0 aromatic carbocycles. The average Bonchev–Trinajstić information content (AvgIpc) is 2.91. The van der Waals surface area contributed by atoms with Gasteiger partial charge in [-0.15, -0.1) is 0 Å². The molecule has 0 radical (unpaired) electrons. The minimum atomic E-state index is -0.584. The Morgan fingerprint density at radius 2 is 2.29 bits per heavy atom. The summed E-state index contributed by atoms with van der Waals surface area (Å²) >= 11 is 0. The van der Waals surface area contributed by atoms with Crippen molar-refractivity contribution in [2.24, 2.45) is 0 Å². The molecule has 2 aromatic rings. The number of aliphatic hydroxyl groups is 1. The molecule has 2 unspecified atom stereocenters. The Kier molecular flexibility index (Phi) is 2.65. The topological polar surface area (TPSA) is 61.8 Å². The van der Waals surface area contributed by atoms with Crippen molar-refractivity contribution in [3.63, 3.8) is 0 Å². The van der Waals surface area contributed by atoms with Gasteiger partial charge in [-0.05, 0) is 30.9 Å². The van der Waals surface area contributed by atoms with Gasteiger partial charge in [0.2, 0.25) is 0 Å². The number of nitrogens with zero attached hydrogens (tertiary/aromatic N) is 2. The van der Waals surface area contributed by atoms with E-state index >= 15 is 0 Å². The second-order valence-electron chi connectivity index (χ2n) is 4.47. The lowest BCUT2D eigenvalue weighted by molar-refractivity contribution is 0.126. The van der Waals surface area contributed by atoms with Crippen molar-refractivity contribution < 1.29 is 5.11 Å². The molecule has 2 N–H and O–H groups in total. The first-order valence-electron chi connectivity index (χ1n) is 5.97. The number of aliphatic hydroxyl groups excluding tert-OH is 1. The molecule has 0 saturated heterocycles. The number of aryl methyl sites for hydroxylation is 1. The maximum atomic E-state index is 10.3. The predicted octanol–water partition coefficient (Wildman–Crippen LogP) is 1.96. The number of aromatic amines is 1. The zero-order valence-corrected chi connectivity index (χ0v) is 9.50. The van der Waals surface area contributed by atoms with Crippen molar-refractivity contribution in [1.82, 2.24) is 15.0 Å². The highest BCUT2D eigenvalue weighted by atomic mass is 16.3. The molecule has 1 aliphatic rings. The van der Waals surface area contributed by atoms with Crippen molar-refractivity contribution in [3.05, 3.63) is 47.8 Å². The third-order valence-electron chi connectivity index (χ3n) is 3.42. The van der Waals surface area contributed by atoms with Gasteiger partial charge in [-0.2, -0.15) is 0 Å². The molecule has 4 heteroatoms. The van der Waals surface area contributed by atoms with E-state index < -0.39 is 6.10 Å². The molecular weight excluding hydrogens is 214 g/mol. The molecule has 0 aliphatic heterocycles. The van der Waals surface area contributed by atoms with Crippen molar-refractivity contribution in [2.45, 2.75) is 31.3 Å². The van der Waals surface area contributed by atoms with Crippen LogP contribution >= 0.6 is 0 Å². The Hall–Kier alpha value is -1.68. The van der Waals surface area contributed by atoms with Crippen LogP contribution in [0.3, 0.4) is 0 Å². The summed E-state index contributed by atoms with van der Waals surface area (Å²) in [6.45, 7) is 0. The largest absolute Gasteiger partial charge is 0.384 e. The van der Waals surface area contributed by atoms with Gasteiger partial charge in [0, 0.05) is 30.2 Å². The fourth-order valence-electron chi connectivity index (χ4n) is 2.58. The molecule has 2 heterocycles. The normalized spacial score (nSPS) is 20.9. The number of hydrogen-bond acceptors (Lipinski definition) is 3. The summed E-state index contributed by atoms with van der Waals surface area (Å²) in [5.74, 6) is 0.694. The lowest BCUT2D eigenvalue weighted by Crippen LogP contribution is -2.19. The molecule has 88 valence electrons. The second kappa shape index (κ2) is 4.30. The van der Waals surface area contributed by atoms with E-state index in [1.165, 1.54) is 5.56 Å². The van der Waals surface area contributed by atoms with Gasteiger partial charge in [-0.25, -0.2) is 4.98 Å². The summed E-state index contributed by atoms with van der Waals surface area (Å²) in [5, 5.41) is 10.3. The SMILES string of the molecule is OC(c1ncc[nH]1)C1CCCc2cccnc21. The molecule has 0 saturated carbocycles. The fourth-order valence-corrected chi connectivity index (χ4v) is 2.58. The average molecular weight is 229 g/mol. The van der Waals surface area contributed by atoms with Crippen LogP contribution in [0.1, 0.15) is 41.9 Å². The van der Waals surface area contributed by atoms with Crippen molar-refractivity contribution >= 4 is 0 Å². The van der Waals surface area contributed by atoms with Gasteiger partial charge in [-0.3, -0.25) is 4.98 Å². The van der Waals surface area contributed by atoms with E-state index in [2.05, 4.69) is 21.0 Å². The Balaban J connectivity index is 1.95. The number of imidazole rings is 1. The van der Waals surface area contributed by atoms with Gasteiger partial charge < -0.3 is 10.1 Å².